The van der Waals surface area contributed by atoms with Gasteiger partial charge in [0.25, 0.3) is 0 Å². The van der Waals surface area contributed by atoms with Gasteiger partial charge >= 0.3 is 0 Å². The van der Waals surface area contributed by atoms with Crippen molar-refractivity contribution in [1.29, 1.82) is 0 Å². The van der Waals surface area contributed by atoms with Crippen molar-refractivity contribution >= 4 is 40.7 Å². The molecule has 2 aromatic carbocycles. The second-order valence-electron chi connectivity index (χ2n) is 9.01. The minimum absolute atomic E-state index is 0. The topological polar surface area (TPSA) is 33.2 Å². The fraction of sp³-hybridized carbons (Fsp3) is 0.333. The summed E-state index contributed by atoms with van der Waals surface area (Å²) in [5, 5.41) is 1.70. The van der Waals surface area contributed by atoms with Crippen molar-refractivity contribution in [2.75, 3.05) is 6.54 Å². The van der Waals surface area contributed by atoms with E-state index in [9.17, 15) is 13.6 Å². The summed E-state index contributed by atoms with van der Waals surface area (Å²) in [6.45, 7) is 0.731. The largest absolute Gasteiger partial charge is 0.338 e. The maximum Gasteiger partial charge on any atom is 0.226 e. The second kappa shape index (κ2) is 10.4. The predicted octanol–water partition coefficient (Wildman–Crippen LogP) is 7.89. The standard InChI is InChI=1S/C26H21Cl3F2N2O.CH4/c27-15-2-4-17(21(29)10-15)18-5-6-19-20(25(18)24-8-3-16(28)11-32-24)13-33(26(19)34)12-14-1-7-22(30)23(31)9-14;/h1-4,7-11,18-20,25H,5-6,12-13H2;1H4/t18-,19+,20+,25-;/m0./s1. The van der Waals surface area contributed by atoms with E-state index in [0.29, 0.717) is 33.6 Å². The minimum atomic E-state index is -0.915. The molecule has 184 valence electrons. The van der Waals surface area contributed by atoms with Crippen molar-refractivity contribution in [2.45, 2.75) is 38.6 Å². The van der Waals surface area contributed by atoms with Crippen LogP contribution in [0.5, 0.6) is 0 Å². The van der Waals surface area contributed by atoms with Crippen LogP contribution in [0.25, 0.3) is 0 Å². The summed E-state index contributed by atoms with van der Waals surface area (Å²) in [4.78, 5) is 19.7. The Balaban J connectivity index is 0.00000289. The number of benzene rings is 2. The van der Waals surface area contributed by atoms with Crippen LogP contribution in [0.4, 0.5) is 8.78 Å². The van der Waals surface area contributed by atoms with E-state index in [1.165, 1.54) is 6.07 Å². The number of pyridine rings is 1. The van der Waals surface area contributed by atoms with E-state index < -0.39 is 11.6 Å². The minimum Gasteiger partial charge on any atom is -0.338 e. The highest BCUT2D eigenvalue weighted by Gasteiger charge is 2.50. The lowest BCUT2D eigenvalue weighted by Crippen LogP contribution is -2.33. The van der Waals surface area contributed by atoms with Gasteiger partial charge in [0.2, 0.25) is 5.91 Å². The predicted molar refractivity (Wildman–Crippen MR) is 136 cm³/mol. The summed E-state index contributed by atoms with van der Waals surface area (Å²) in [7, 11) is 0. The number of aromatic nitrogens is 1. The Labute approximate surface area is 219 Å². The van der Waals surface area contributed by atoms with E-state index in [1.54, 1.807) is 17.2 Å². The van der Waals surface area contributed by atoms with Gasteiger partial charge in [-0.1, -0.05) is 54.4 Å². The molecular weight excluding hydrogens is 513 g/mol. The first kappa shape index (κ1) is 25.9. The summed E-state index contributed by atoms with van der Waals surface area (Å²) in [5.41, 5.74) is 2.40. The average Bonchev–Trinajstić information content (AvgIpc) is 3.12. The van der Waals surface area contributed by atoms with Gasteiger partial charge in [-0.3, -0.25) is 9.78 Å². The number of nitrogens with zero attached hydrogens (tertiary/aromatic N) is 2. The van der Waals surface area contributed by atoms with Gasteiger partial charge in [0.1, 0.15) is 0 Å². The fourth-order valence-corrected chi connectivity index (χ4v) is 6.25. The third kappa shape index (κ3) is 5.04. The van der Waals surface area contributed by atoms with Crippen LogP contribution in [-0.4, -0.2) is 22.3 Å². The molecule has 0 bridgehead atoms. The number of halogens is 5. The number of fused-ring (bicyclic) bond motifs is 1. The molecule has 2 heterocycles. The number of rotatable bonds is 4. The van der Waals surface area contributed by atoms with Crippen molar-refractivity contribution in [2.24, 2.45) is 11.8 Å². The molecule has 0 N–H and O–H groups in total. The van der Waals surface area contributed by atoms with E-state index in [2.05, 4.69) is 4.98 Å². The van der Waals surface area contributed by atoms with E-state index in [4.69, 9.17) is 34.8 Å². The first-order valence-corrected chi connectivity index (χ1v) is 12.2. The molecule has 4 atom stereocenters. The van der Waals surface area contributed by atoms with Crippen molar-refractivity contribution in [3.63, 3.8) is 0 Å². The van der Waals surface area contributed by atoms with Crippen molar-refractivity contribution in [3.8, 4) is 0 Å². The lowest BCUT2D eigenvalue weighted by molar-refractivity contribution is -0.132. The van der Waals surface area contributed by atoms with Crippen LogP contribution < -0.4 is 0 Å². The molecule has 1 aliphatic carbocycles. The van der Waals surface area contributed by atoms with Gasteiger partial charge < -0.3 is 4.90 Å². The highest BCUT2D eigenvalue weighted by molar-refractivity contribution is 6.35. The zero-order valence-electron chi connectivity index (χ0n) is 18.0. The number of amides is 1. The summed E-state index contributed by atoms with van der Waals surface area (Å²) < 4.78 is 27.1. The summed E-state index contributed by atoms with van der Waals surface area (Å²) in [6.07, 6.45) is 3.10. The number of hydrogen-bond acceptors (Lipinski definition) is 2. The Hall–Kier alpha value is -2.21. The molecule has 5 rings (SSSR count). The SMILES string of the molecule is C.O=C1[C@@H]2CC[C@@H](c3ccc(Cl)cc3Cl)[C@H](c3ccc(Cl)cn3)[C@@H]2CN1Cc1ccc(F)c(F)c1. The highest BCUT2D eigenvalue weighted by atomic mass is 35.5. The van der Waals surface area contributed by atoms with E-state index >= 15 is 0 Å². The normalized spacial score (nSPS) is 23.7. The molecule has 35 heavy (non-hydrogen) atoms. The first-order chi connectivity index (χ1) is 16.3. The van der Waals surface area contributed by atoms with Crippen LogP contribution in [0.3, 0.4) is 0 Å². The Morgan fingerprint density at radius 1 is 0.914 bits per heavy atom. The van der Waals surface area contributed by atoms with Gasteiger partial charge in [-0.15, -0.1) is 0 Å². The Morgan fingerprint density at radius 3 is 2.34 bits per heavy atom. The summed E-state index contributed by atoms with van der Waals surface area (Å²) >= 11 is 18.8. The molecule has 1 amide bonds. The molecule has 8 heteroatoms. The Bertz CT molecular complexity index is 1240. The van der Waals surface area contributed by atoms with Gasteiger partial charge in [0.05, 0.1) is 5.02 Å². The van der Waals surface area contributed by atoms with Crippen LogP contribution in [0, 0.1) is 23.5 Å². The zero-order valence-corrected chi connectivity index (χ0v) is 20.3. The molecule has 2 aliphatic rings. The quantitative estimate of drug-likeness (QED) is 0.339. The van der Waals surface area contributed by atoms with Crippen LogP contribution in [0.1, 0.15) is 48.9 Å². The number of hydrogen-bond donors (Lipinski definition) is 0. The molecule has 2 fully saturated rings. The smallest absolute Gasteiger partial charge is 0.226 e. The van der Waals surface area contributed by atoms with Crippen LogP contribution in [0.2, 0.25) is 15.1 Å². The van der Waals surface area contributed by atoms with Crippen LogP contribution >= 0.6 is 34.8 Å². The maximum atomic E-state index is 13.7. The molecule has 0 unspecified atom stereocenters. The van der Waals surface area contributed by atoms with Gasteiger partial charge in [-0.2, -0.15) is 0 Å². The molecule has 0 spiro atoms. The van der Waals surface area contributed by atoms with Gasteiger partial charge in [0, 0.05) is 46.9 Å². The third-order valence-corrected chi connectivity index (χ3v) is 7.86. The molecule has 3 aromatic rings. The molecule has 0 radical (unpaired) electrons. The third-order valence-electron chi connectivity index (χ3n) is 7.07. The molecule has 1 saturated heterocycles. The fourth-order valence-electron chi connectivity index (χ4n) is 5.59. The van der Waals surface area contributed by atoms with E-state index in [1.807, 2.05) is 24.3 Å². The zero-order chi connectivity index (χ0) is 24.0. The summed E-state index contributed by atoms with van der Waals surface area (Å²) in [6, 6.07) is 13.0. The van der Waals surface area contributed by atoms with E-state index in [-0.39, 0.29) is 43.6 Å². The maximum absolute atomic E-state index is 13.7. The van der Waals surface area contributed by atoms with Gasteiger partial charge in [-0.25, -0.2) is 8.78 Å². The van der Waals surface area contributed by atoms with Crippen molar-refractivity contribution in [1.82, 2.24) is 9.88 Å². The average molecular weight is 538 g/mol. The van der Waals surface area contributed by atoms with Gasteiger partial charge in [0.15, 0.2) is 11.6 Å². The first-order valence-electron chi connectivity index (χ1n) is 11.1. The van der Waals surface area contributed by atoms with Crippen LogP contribution in [0.15, 0.2) is 54.7 Å². The molecule has 1 aliphatic heterocycles. The molecule has 3 nitrogen and oxygen atoms in total. The second-order valence-corrected chi connectivity index (χ2v) is 10.3. The number of likely N-dealkylation sites (tertiary alicyclic amines) is 1. The lowest BCUT2D eigenvalue weighted by atomic mass is 9.64. The Morgan fingerprint density at radius 2 is 1.66 bits per heavy atom. The van der Waals surface area contributed by atoms with Gasteiger partial charge in [-0.05, 0) is 72.2 Å². The highest BCUT2D eigenvalue weighted by Crippen LogP contribution is 2.53. The monoisotopic (exact) mass is 536 g/mol. The van der Waals surface area contributed by atoms with Crippen molar-refractivity contribution < 1.29 is 13.6 Å². The van der Waals surface area contributed by atoms with Crippen LogP contribution in [-0.2, 0) is 11.3 Å². The van der Waals surface area contributed by atoms with E-state index in [0.717, 1.165) is 29.8 Å². The number of carbonyl (C=O) groups excluding carboxylic acids is 1. The number of carbonyl (C=O) groups is 1. The molecule has 1 aromatic heterocycles. The summed E-state index contributed by atoms with van der Waals surface area (Å²) in [5.74, 6) is -1.96. The molecule has 1 saturated carbocycles. The Kier molecular flexibility index (Phi) is 7.70. The molecular formula is C27H25Cl3F2N2O. The lowest BCUT2D eigenvalue weighted by Gasteiger charge is -2.39. The van der Waals surface area contributed by atoms with Crippen molar-refractivity contribution in [3.05, 3.63) is 98.3 Å².